The first-order chi connectivity index (χ1) is 13.1. The van der Waals surface area contributed by atoms with Gasteiger partial charge in [0, 0.05) is 23.9 Å². The van der Waals surface area contributed by atoms with Crippen molar-refractivity contribution in [1.29, 1.82) is 0 Å². The van der Waals surface area contributed by atoms with Crippen molar-refractivity contribution in [3.63, 3.8) is 0 Å². The summed E-state index contributed by atoms with van der Waals surface area (Å²) in [5.41, 5.74) is 3.58. The summed E-state index contributed by atoms with van der Waals surface area (Å²) in [6, 6.07) is 8.81. The number of halogens is 2. The maximum absolute atomic E-state index is 13.5. The molecule has 0 spiro atoms. The summed E-state index contributed by atoms with van der Waals surface area (Å²) < 4.78 is 28.5. The van der Waals surface area contributed by atoms with Crippen LogP contribution in [-0.4, -0.2) is 26.1 Å². The van der Waals surface area contributed by atoms with Crippen LogP contribution in [0.1, 0.15) is 5.56 Å². The number of H-pyrrole nitrogens is 1. The van der Waals surface area contributed by atoms with E-state index in [0.717, 1.165) is 30.3 Å². The summed E-state index contributed by atoms with van der Waals surface area (Å²) in [4.78, 5) is 23.8. The molecule has 134 valence electrons. The van der Waals surface area contributed by atoms with Gasteiger partial charge in [-0.25, -0.2) is 28.1 Å². The van der Waals surface area contributed by atoms with Gasteiger partial charge < -0.3 is 5.32 Å². The number of hydrogen-bond donors (Lipinski definition) is 2. The Morgan fingerprint density at radius 1 is 1.07 bits per heavy atom. The van der Waals surface area contributed by atoms with Gasteiger partial charge in [0.15, 0.2) is 11.3 Å². The molecule has 3 heterocycles. The minimum Gasteiger partial charge on any atom is -0.384 e. The van der Waals surface area contributed by atoms with Crippen LogP contribution in [0.3, 0.4) is 0 Å². The molecular formula is C19H13F2N5O. The number of imidazole rings is 1. The number of benzene rings is 2. The van der Waals surface area contributed by atoms with Crippen molar-refractivity contribution in [3.05, 3.63) is 70.3 Å². The van der Waals surface area contributed by atoms with Crippen LogP contribution in [0.15, 0.2) is 47.4 Å². The fourth-order valence-electron chi connectivity index (χ4n) is 3.39. The number of nitrogens with zero attached hydrogens (tertiary/aromatic N) is 3. The van der Waals surface area contributed by atoms with Crippen molar-refractivity contribution in [3.8, 4) is 16.9 Å². The molecule has 0 bridgehead atoms. The highest BCUT2D eigenvalue weighted by Crippen LogP contribution is 2.26. The molecule has 0 saturated heterocycles. The fourth-order valence-corrected chi connectivity index (χ4v) is 3.39. The molecule has 6 nitrogen and oxygen atoms in total. The molecule has 2 N–H and O–H groups in total. The van der Waals surface area contributed by atoms with Crippen molar-refractivity contribution in [1.82, 2.24) is 19.5 Å². The normalized spacial score (nSPS) is 13.0. The highest BCUT2D eigenvalue weighted by molar-refractivity contribution is 5.73. The van der Waals surface area contributed by atoms with Crippen LogP contribution in [-0.2, 0) is 6.42 Å². The minimum absolute atomic E-state index is 0.250. The standard InChI is InChI=1S/C19H13F2N5O/c20-12-5-11(6-13(21)8-12)16-9-23-17-18(24-16)26(19(27)25-17)14-1-2-15-10(7-14)3-4-22-15/h1-2,5-9,22H,3-4H2,(H,23,25,27). The van der Waals surface area contributed by atoms with Crippen LogP contribution in [0.5, 0.6) is 0 Å². The lowest BCUT2D eigenvalue weighted by Crippen LogP contribution is -2.15. The predicted molar refractivity (Wildman–Crippen MR) is 97.0 cm³/mol. The number of aromatic nitrogens is 4. The summed E-state index contributed by atoms with van der Waals surface area (Å²) in [7, 11) is 0. The number of hydrogen-bond acceptors (Lipinski definition) is 4. The average Bonchev–Trinajstić information content (AvgIpc) is 3.22. The predicted octanol–water partition coefficient (Wildman–Crippen LogP) is 3.02. The average molecular weight is 365 g/mol. The van der Waals surface area contributed by atoms with Crippen molar-refractivity contribution in [2.24, 2.45) is 0 Å². The lowest BCUT2D eigenvalue weighted by Gasteiger charge is -2.07. The van der Waals surface area contributed by atoms with Gasteiger partial charge in [-0.1, -0.05) is 0 Å². The van der Waals surface area contributed by atoms with Crippen molar-refractivity contribution in [2.75, 3.05) is 11.9 Å². The highest BCUT2D eigenvalue weighted by Gasteiger charge is 2.16. The molecule has 1 aliphatic heterocycles. The zero-order chi connectivity index (χ0) is 18.5. The highest BCUT2D eigenvalue weighted by atomic mass is 19.1. The second-order valence-electron chi connectivity index (χ2n) is 6.37. The van der Waals surface area contributed by atoms with Crippen LogP contribution in [0.2, 0.25) is 0 Å². The van der Waals surface area contributed by atoms with E-state index >= 15 is 0 Å². The first kappa shape index (κ1) is 15.7. The molecule has 2 aromatic carbocycles. The zero-order valence-electron chi connectivity index (χ0n) is 14.0. The Labute approximate surface area is 151 Å². The van der Waals surface area contributed by atoms with Gasteiger partial charge in [-0.3, -0.25) is 4.98 Å². The van der Waals surface area contributed by atoms with E-state index in [0.29, 0.717) is 17.0 Å². The number of aromatic amines is 1. The van der Waals surface area contributed by atoms with E-state index in [-0.39, 0.29) is 16.9 Å². The third-order valence-corrected chi connectivity index (χ3v) is 4.61. The van der Waals surface area contributed by atoms with Crippen LogP contribution >= 0.6 is 0 Å². The Hall–Kier alpha value is -3.55. The number of fused-ring (bicyclic) bond motifs is 2. The van der Waals surface area contributed by atoms with Gasteiger partial charge in [0.1, 0.15) is 11.6 Å². The van der Waals surface area contributed by atoms with Crippen LogP contribution in [0, 0.1) is 11.6 Å². The Balaban J connectivity index is 1.71. The smallest absolute Gasteiger partial charge is 0.333 e. The quantitative estimate of drug-likeness (QED) is 0.573. The lowest BCUT2D eigenvalue weighted by atomic mass is 10.1. The molecule has 1 aliphatic rings. The molecule has 5 rings (SSSR count). The van der Waals surface area contributed by atoms with E-state index in [9.17, 15) is 13.6 Å². The molecule has 0 radical (unpaired) electrons. The molecule has 0 aliphatic carbocycles. The molecule has 2 aromatic heterocycles. The SMILES string of the molecule is O=c1[nH]c2ncc(-c3cc(F)cc(F)c3)nc2n1-c1ccc2c(c1)CCN2. The first-order valence-electron chi connectivity index (χ1n) is 8.40. The van der Waals surface area contributed by atoms with Gasteiger partial charge in [-0.05, 0) is 42.3 Å². The molecule has 27 heavy (non-hydrogen) atoms. The fraction of sp³-hybridized carbons (Fsp3) is 0.105. The van der Waals surface area contributed by atoms with E-state index in [1.807, 2.05) is 18.2 Å². The second-order valence-corrected chi connectivity index (χ2v) is 6.37. The van der Waals surface area contributed by atoms with Crippen molar-refractivity contribution < 1.29 is 8.78 Å². The van der Waals surface area contributed by atoms with Gasteiger partial charge in [-0.2, -0.15) is 0 Å². The second kappa shape index (κ2) is 5.73. The van der Waals surface area contributed by atoms with Crippen molar-refractivity contribution in [2.45, 2.75) is 6.42 Å². The molecule has 0 amide bonds. The number of anilines is 1. The molecule has 0 fully saturated rings. The summed E-state index contributed by atoms with van der Waals surface area (Å²) in [6.07, 6.45) is 2.25. The van der Waals surface area contributed by atoms with Crippen LogP contribution in [0.4, 0.5) is 14.5 Å². The van der Waals surface area contributed by atoms with E-state index in [1.54, 1.807) is 0 Å². The summed E-state index contributed by atoms with van der Waals surface area (Å²) >= 11 is 0. The first-order valence-corrected chi connectivity index (χ1v) is 8.40. The molecule has 4 aromatic rings. The molecule has 8 heteroatoms. The number of rotatable bonds is 2. The monoisotopic (exact) mass is 365 g/mol. The van der Waals surface area contributed by atoms with E-state index in [2.05, 4.69) is 20.3 Å². The Bertz CT molecular complexity index is 1240. The van der Waals surface area contributed by atoms with Crippen LogP contribution in [0.25, 0.3) is 28.2 Å². The van der Waals surface area contributed by atoms with Gasteiger partial charge in [0.2, 0.25) is 0 Å². The Kier molecular flexibility index (Phi) is 3.33. The maximum Gasteiger partial charge on any atom is 0.333 e. The lowest BCUT2D eigenvalue weighted by molar-refractivity contribution is 0.584. The van der Waals surface area contributed by atoms with E-state index in [1.165, 1.54) is 22.9 Å². The maximum atomic E-state index is 13.5. The van der Waals surface area contributed by atoms with E-state index < -0.39 is 11.6 Å². The largest absolute Gasteiger partial charge is 0.384 e. The van der Waals surface area contributed by atoms with Gasteiger partial charge in [0.05, 0.1) is 17.6 Å². The van der Waals surface area contributed by atoms with E-state index in [4.69, 9.17) is 0 Å². The minimum atomic E-state index is -0.704. The summed E-state index contributed by atoms with van der Waals surface area (Å²) in [5.74, 6) is -1.41. The molecule has 0 unspecified atom stereocenters. The van der Waals surface area contributed by atoms with Gasteiger partial charge in [-0.15, -0.1) is 0 Å². The summed E-state index contributed by atoms with van der Waals surface area (Å²) in [6.45, 7) is 0.858. The third kappa shape index (κ3) is 2.57. The third-order valence-electron chi connectivity index (χ3n) is 4.61. The zero-order valence-corrected chi connectivity index (χ0v) is 14.0. The molecule has 0 atom stereocenters. The molecular weight excluding hydrogens is 352 g/mol. The van der Waals surface area contributed by atoms with Crippen LogP contribution < -0.4 is 11.0 Å². The van der Waals surface area contributed by atoms with Gasteiger partial charge in [0.25, 0.3) is 0 Å². The number of nitrogens with one attached hydrogen (secondary N) is 2. The Morgan fingerprint density at radius 2 is 1.89 bits per heavy atom. The molecule has 0 saturated carbocycles. The van der Waals surface area contributed by atoms with Crippen molar-refractivity contribution >= 4 is 17.0 Å². The van der Waals surface area contributed by atoms with Gasteiger partial charge >= 0.3 is 5.69 Å². The Morgan fingerprint density at radius 3 is 2.70 bits per heavy atom. The topological polar surface area (TPSA) is 75.6 Å². The summed E-state index contributed by atoms with van der Waals surface area (Å²) in [5, 5.41) is 3.27.